The predicted molar refractivity (Wildman–Crippen MR) is 178 cm³/mol. The Morgan fingerprint density at radius 1 is 0.795 bits per heavy atom. The molecule has 0 atom stereocenters. The number of amides is 1. The van der Waals surface area contributed by atoms with Crippen molar-refractivity contribution in [1.82, 2.24) is 14.9 Å². The summed E-state index contributed by atoms with van der Waals surface area (Å²) in [6.45, 7) is 6.20. The third kappa shape index (κ3) is 7.40. The van der Waals surface area contributed by atoms with Crippen molar-refractivity contribution in [3.63, 3.8) is 0 Å². The van der Waals surface area contributed by atoms with Crippen LogP contribution in [-0.2, 0) is 32.7 Å². The van der Waals surface area contributed by atoms with E-state index in [2.05, 4.69) is 17.4 Å². The molecule has 0 bridgehead atoms. The summed E-state index contributed by atoms with van der Waals surface area (Å²) < 4.78 is 7.51. The van der Waals surface area contributed by atoms with E-state index in [1.165, 1.54) is 0 Å². The second-order valence-electron chi connectivity index (χ2n) is 11.8. The first-order valence-corrected chi connectivity index (χ1v) is 16.0. The van der Waals surface area contributed by atoms with Crippen molar-refractivity contribution in [2.45, 2.75) is 56.3 Å². The normalized spacial score (nSPS) is 11.8. The highest BCUT2D eigenvalue weighted by molar-refractivity contribution is 7.99. The molecule has 0 saturated heterocycles. The Kier molecular flexibility index (Phi) is 9.85. The van der Waals surface area contributed by atoms with E-state index in [0.717, 1.165) is 45.1 Å². The lowest BCUT2D eigenvalue weighted by Crippen LogP contribution is -2.47. The highest BCUT2D eigenvalue weighted by Crippen LogP contribution is 2.36. The molecule has 1 aromatic heterocycles. The zero-order valence-corrected chi connectivity index (χ0v) is 26.3. The van der Waals surface area contributed by atoms with Gasteiger partial charge in [0.05, 0.1) is 11.0 Å². The van der Waals surface area contributed by atoms with Crippen molar-refractivity contribution < 1.29 is 14.3 Å². The second kappa shape index (κ2) is 14.0. The zero-order chi connectivity index (χ0) is 31.0. The Balaban J connectivity index is 1.32. The van der Waals surface area contributed by atoms with Gasteiger partial charge in [-0.2, -0.15) is 0 Å². The van der Waals surface area contributed by atoms with E-state index >= 15 is 0 Å². The van der Waals surface area contributed by atoms with Crippen LogP contribution in [0.1, 0.15) is 43.9 Å². The van der Waals surface area contributed by atoms with Gasteiger partial charge in [0.25, 0.3) is 0 Å². The molecule has 5 rings (SSSR count). The van der Waals surface area contributed by atoms with E-state index in [1.54, 1.807) is 11.8 Å². The molecule has 1 N–H and O–H groups in total. The number of esters is 1. The van der Waals surface area contributed by atoms with Crippen LogP contribution >= 0.6 is 11.8 Å². The molecular formula is C37H39N3O3S. The largest absolute Gasteiger partial charge is 0.459 e. The summed E-state index contributed by atoms with van der Waals surface area (Å²) >= 11 is 1.58. The van der Waals surface area contributed by atoms with Gasteiger partial charge in [-0.15, -0.1) is 0 Å². The van der Waals surface area contributed by atoms with Gasteiger partial charge < -0.3 is 14.6 Å². The summed E-state index contributed by atoms with van der Waals surface area (Å²) in [6, 6.07) is 38.1. The van der Waals surface area contributed by atoms with Crippen molar-refractivity contribution in [3.8, 4) is 0 Å². The van der Waals surface area contributed by atoms with Gasteiger partial charge in [0.1, 0.15) is 17.6 Å². The minimum atomic E-state index is -0.890. The molecule has 0 saturated carbocycles. The Morgan fingerprint density at radius 3 is 1.98 bits per heavy atom. The molecule has 0 aliphatic rings. The summed E-state index contributed by atoms with van der Waals surface area (Å²) in [5, 5.41) is 4.03. The number of carbonyl (C=O) groups excluding carboxylic acids is 2. The topological polar surface area (TPSA) is 73.2 Å². The monoisotopic (exact) mass is 605 g/mol. The summed E-state index contributed by atoms with van der Waals surface area (Å²) in [5.74, 6) is 0.396. The fraction of sp³-hybridized carbons (Fsp3) is 0.270. The van der Waals surface area contributed by atoms with Crippen LogP contribution < -0.4 is 5.32 Å². The molecule has 226 valence electrons. The maximum Gasteiger partial charge on any atom is 0.326 e. The summed E-state index contributed by atoms with van der Waals surface area (Å²) in [4.78, 5) is 31.8. The first-order valence-electron chi connectivity index (χ1n) is 15.0. The van der Waals surface area contributed by atoms with Gasteiger partial charge in [-0.3, -0.25) is 9.59 Å². The van der Waals surface area contributed by atoms with Crippen molar-refractivity contribution in [2.24, 2.45) is 0 Å². The number of rotatable bonds is 12. The van der Waals surface area contributed by atoms with Crippen LogP contribution in [-0.4, -0.2) is 39.3 Å². The third-order valence-electron chi connectivity index (χ3n) is 7.40. The van der Waals surface area contributed by atoms with Crippen molar-refractivity contribution >= 4 is 34.7 Å². The Bertz CT molecular complexity index is 1640. The number of aromatic nitrogens is 2. The van der Waals surface area contributed by atoms with Gasteiger partial charge in [-0.1, -0.05) is 115 Å². The molecule has 7 heteroatoms. The van der Waals surface area contributed by atoms with Crippen LogP contribution in [0.15, 0.2) is 120 Å². The Hall–Kier alpha value is -4.36. The number of hydrogen-bond acceptors (Lipinski definition) is 5. The van der Waals surface area contributed by atoms with Gasteiger partial charge in [0.2, 0.25) is 5.91 Å². The Labute approximate surface area is 263 Å². The standard InChI is InChI=1S/C37H39N3O3S/c1-36(2,3)43-33(41)27-40-32-23-14-13-22-31(32)39-35(40)44-25-15-24-38-34(42)37(29-18-9-5-10-19-29,30-20-11-6-12-21-30)26-28-16-7-4-8-17-28/h4-14,16-23H,15,24-27H2,1-3H3,(H,38,42). The number of nitrogens with one attached hydrogen (secondary N) is 1. The van der Waals surface area contributed by atoms with Gasteiger partial charge in [0, 0.05) is 12.3 Å². The van der Waals surface area contributed by atoms with Crippen LogP contribution in [0.3, 0.4) is 0 Å². The zero-order valence-electron chi connectivity index (χ0n) is 25.5. The van der Waals surface area contributed by atoms with Crippen molar-refractivity contribution in [3.05, 3.63) is 132 Å². The lowest BCUT2D eigenvalue weighted by Gasteiger charge is -2.34. The molecule has 6 nitrogen and oxygen atoms in total. The van der Waals surface area contributed by atoms with Gasteiger partial charge >= 0.3 is 5.97 Å². The van der Waals surface area contributed by atoms with Crippen LogP contribution in [0, 0.1) is 0 Å². The van der Waals surface area contributed by atoms with Crippen molar-refractivity contribution in [2.75, 3.05) is 12.3 Å². The molecule has 0 aliphatic carbocycles. The number of para-hydroxylation sites is 2. The highest BCUT2D eigenvalue weighted by atomic mass is 32.2. The molecule has 0 radical (unpaired) electrons. The van der Waals surface area contributed by atoms with Gasteiger partial charge in [-0.05, 0) is 62.4 Å². The minimum Gasteiger partial charge on any atom is -0.459 e. The molecular weight excluding hydrogens is 566 g/mol. The lowest BCUT2D eigenvalue weighted by molar-refractivity contribution is -0.155. The number of fused-ring (bicyclic) bond motifs is 1. The third-order valence-corrected chi connectivity index (χ3v) is 8.46. The maximum absolute atomic E-state index is 14.3. The molecule has 0 spiro atoms. The SMILES string of the molecule is CC(C)(C)OC(=O)Cn1c(SCCCNC(=O)C(Cc2ccccc2)(c2ccccc2)c2ccccc2)nc2ccccc21. The summed E-state index contributed by atoms with van der Waals surface area (Å²) in [5.41, 5.74) is 3.28. The van der Waals surface area contributed by atoms with Crippen molar-refractivity contribution in [1.29, 1.82) is 0 Å². The number of imidazole rings is 1. The number of carbonyl (C=O) groups is 2. The molecule has 4 aromatic carbocycles. The molecule has 44 heavy (non-hydrogen) atoms. The highest BCUT2D eigenvalue weighted by Gasteiger charge is 2.41. The second-order valence-corrected chi connectivity index (χ2v) is 12.9. The average Bonchev–Trinajstić information content (AvgIpc) is 3.36. The fourth-order valence-corrected chi connectivity index (χ4v) is 6.42. The fourth-order valence-electron chi connectivity index (χ4n) is 5.47. The van der Waals surface area contributed by atoms with E-state index in [4.69, 9.17) is 9.72 Å². The maximum atomic E-state index is 14.3. The first kappa shape index (κ1) is 31.1. The van der Waals surface area contributed by atoms with Crippen LogP contribution in [0.4, 0.5) is 0 Å². The van der Waals surface area contributed by atoms with E-state index in [-0.39, 0.29) is 18.4 Å². The minimum absolute atomic E-state index is 0.0269. The molecule has 0 unspecified atom stereocenters. The molecule has 0 fully saturated rings. The molecule has 0 aliphatic heterocycles. The van der Waals surface area contributed by atoms with Crippen LogP contribution in [0.2, 0.25) is 0 Å². The number of ether oxygens (including phenoxy) is 1. The average molecular weight is 606 g/mol. The van der Waals surface area contributed by atoms with E-state index < -0.39 is 11.0 Å². The Morgan fingerprint density at radius 2 is 1.36 bits per heavy atom. The number of thioether (sulfide) groups is 1. The van der Waals surface area contributed by atoms with Gasteiger partial charge in [-0.25, -0.2) is 4.98 Å². The van der Waals surface area contributed by atoms with Crippen LogP contribution in [0.5, 0.6) is 0 Å². The number of hydrogen-bond donors (Lipinski definition) is 1. The first-order chi connectivity index (χ1) is 21.3. The van der Waals surface area contributed by atoms with E-state index in [1.807, 2.05) is 128 Å². The number of nitrogens with zero attached hydrogens (tertiary/aromatic N) is 2. The smallest absolute Gasteiger partial charge is 0.326 e. The lowest BCUT2D eigenvalue weighted by atomic mass is 9.69. The number of benzene rings is 4. The summed E-state index contributed by atoms with van der Waals surface area (Å²) in [6.07, 6.45) is 1.27. The van der Waals surface area contributed by atoms with E-state index in [0.29, 0.717) is 13.0 Å². The molecule has 1 heterocycles. The predicted octanol–water partition coefficient (Wildman–Crippen LogP) is 7.21. The van der Waals surface area contributed by atoms with Crippen LogP contribution in [0.25, 0.3) is 11.0 Å². The van der Waals surface area contributed by atoms with E-state index in [9.17, 15) is 9.59 Å². The van der Waals surface area contributed by atoms with Gasteiger partial charge in [0.15, 0.2) is 5.16 Å². The summed E-state index contributed by atoms with van der Waals surface area (Å²) in [7, 11) is 0. The quantitative estimate of drug-likeness (QED) is 0.0925. The molecule has 1 amide bonds. The molecule has 5 aromatic rings.